The van der Waals surface area contributed by atoms with Crippen LogP contribution in [-0.4, -0.2) is 22.1 Å². The maximum atomic E-state index is 11.5. The van der Waals surface area contributed by atoms with E-state index in [4.69, 9.17) is 21.4 Å². The molecule has 1 saturated heterocycles. The Morgan fingerprint density at radius 3 is 2.68 bits per heavy atom. The minimum atomic E-state index is -0.414. The molecule has 34 heavy (non-hydrogen) atoms. The van der Waals surface area contributed by atoms with Gasteiger partial charge in [0, 0.05) is 24.0 Å². The van der Waals surface area contributed by atoms with Crippen molar-refractivity contribution in [3.63, 3.8) is 0 Å². The highest BCUT2D eigenvalue weighted by molar-refractivity contribution is 7.80. The third-order valence-electron chi connectivity index (χ3n) is 5.71. The van der Waals surface area contributed by atoms with Crippen LogP contribution in [0, 0.1) is 10.1 Å². The van der Waals surface area contributed by atoms with Crippen LogP contribution in [0.1, 0.15) is 23.5 Å². The lowest BCUT2D eigenvalue weighted by atomic mass is 10.0. The quantitative estimate of drug-likeness (QED) is 0.225. The highest BCUT2D eigenvalue weighted by Crippen LogP contribution is 2.44. The minimum absolute atomic E-state index is 0.0191. The molecule has 0 spiro atoms. The molecule has 1 N–H and O–H groups in total. The maximum Gasteiger partial charge on any atom is 0.280 e. The highest BCUT2D eigenvalue weighted by Gasteiger charge is 2.42. The Kier molecular flexibility index (Phi) is 5.69. The molecule has 0 radical (unpaired) electrons. The second-order valence-electron chi connectivity index (χ2n) is 7.67. The van der Waals surface area contributed by atoms with Gasteiger partial charge in [0.15, 0.2) is 5.11 Å². The number of aromatic nitrogens is 1. The van der Waals surface area contributed by atoms with Crippen LogP contribution in [0.2, 0.25) is 0 Å². The topological polar surface area (TPSA) is 93.7 Å². The molecule has 0 saturated carbocycles. The van der Waals surface area contributed by atoms with E-state index >= 15 is 0 Å². The Bertz CT molecular complexity index is 1360. The number of nitro groups is 1. The van der Waals surface area contributed by atoms with Crippen molar-refractivity contribution in [3.8, 4) is 17.1 Å². The second kappa shape index (κ2) is 8.95. The number of methoxy groups -OCH3 is 1. The summed E-state index contributed by atoms with van der Waals surface area (Å²) in [5, 5.41) is 15.4. The lowest BCUT2D eigenvalue weighted by Gasteiger charge is -2.26. The van der Waals surface area contributed by atoms with Crippen LogP contribution in [0.15, 0.2) is 89.5 Å². The average molecular weight is 473 g/mol. The Labute approximate surface area is 201 Å². The van der Waals surface area contributed by atoms with E-state index in [2.05, 4.69) is 10.3 Å². The highest BCUT2D eigenvalue weighted by atomic mass is 32.1. The van der Waals surface area contributed by atoms with Gasteiger partial charge in [-0.05, 0) is 54.7 Å². The number of pyridine rings is 1. The third-order valence-corrected chi connectivity index (χ3v) is 6.03. The molecule has 0 amide bonds. The molecule has 4 aromatic rings. The average Bonchev–Trinajstić information content (AvgIpc) is 3.49. The lowest BCUT2D eigenvalue weighted by molar-refractivity contribution is -0.384. The second-order valence-corrected chi connectivity index (χ2v) is 8.06. The number of nitrogens with zero attached hydrogens (tertiary/aromatic N) is 3. The fourth-order valence-electron chi connectivity index (χ4n) is 4.18. The molecule has 9 heteroatoms. The summed E-state index contributed by atoms with van der Waals surface area (Å²) in [4.78, 5) is 17.6. The number of thiocarbonyl (C=S) groups is 1. The Morgan fingerprint density at radius 1 is 1.09 bits per heavy atom. The van der Waals surface area contributed by atoms with Gasteiger partial charge < -0.3 is 19.4 Å². The van der Waals surface area contributed by atoms with Gasteiger partial charge in [0.2, 0.25) is 0 Å². The van der Waals surface area contributed by atoms with Gasteiger partial charge in [-0.2, -0.15) is 0 Å². The molecule has 1 aliphatic heterocycles. The first kappa shape index (κ1) is 21.6. The van der Waals surface area contributed by atoms with Crippen molar-refractivity contribution in [2.75, 3.05) is 12.0 Å². The van der Waals surface area contributed by atoms with E-state index in [1.54, 1.807) is 37.6 Å². The van der Waals surface area contributed by atoms with E-state index in [0.717, 1.165) is 11.4 Å². The molecule has 0 aliphatic carbocycles. The first-order valence-corrected chi connectivity index (χ1v) is 11.0. The van der Waals surface area contributed by atoms with E-state index in [-0.39, 0.29) is 17.8 Å². The number of hydrogen-bond donors (Lipinski definition) is 1. The van der Waals surface area contributed by atoms with Crippen LogP contribution in [0.5, 0.6) is 5.75 Å². The largest absolute Gasteiger partial charge is 0.497 e. The molecule has 0 unspecified atom stereocenters. The van der Waals surface area contributed by atoms with Crippen LogP contribution in [0.25, 0.3) is 11.3 Å². The monoisotopic (exact) mass is 472 g/mol. The van der Waals surface area contributed by atoms with Crippen LogP contribution in [-0.2, 0) is 0 Å². The molecule has 2 aromatic heterocycles. The smallest absolute Gasteiger partial charge is 0.280 e. The summed E-state index contributed by atoms with van der Waals surface area (Å²) in [6, 6.07) is 22.7. The van der Waals surface area contributed by atoms with E-state index in [1.165, 1.54) is 6.07 Å². The Hall–Kier alpha value is -4.24. The fourth-order valence-corrected chi connectivity index (χ4v) is 4.53. The van der Waals surface area contributed by atoms with Crippen molar-refractivity contribution in [2.24, 2.45) is 0 Å². The number of nitrogens with one attached hydrogen (secondary N) is 1. The molecule has 8 nitrogen and oxygen atoms in total. The number of nitro benzene ring substituents is 1. The SMILES string of the molecule is COc1cccc(N2C(=S)N[C@H](c3ccccn3)[C@@H]2c2ccc(-c3ccccc3[N+](=O)[O-])o2)c1. The zero-order valence-corrected chi connectivity index (χ0v) is 18.9. The van der Waals surface area contributed by atoms with Gasteiger partial charge in [-0.25, -0.2) is 0 Å². The summed E-state index contributed by atoms with van der Waals surface area (Å²) < 4.78 is 11.7. The first-order valence-electron chi connectivity index (χ1n) is 10.5. The summed E-state index contributed by atoms with van der Waals surface area (Å²) in [6.45, 7) is 0. The molecule has 1 fully saturated rings. The van der Waals surface area contributed by atoms with E-state index in [1.807, 2.05) is 53.4 Å². The van der Waals surface area contributed by atoms with Crippen molar-refractivity contribution in [2.45, 2.75) is 12.1 Å². The number of anilines is 1. The molecule has 1 aliphatic rings. The summed E-state index contributed by atoms with van der Waals surface area (Å²) in [5.41, 5.74) is 2.01. The fraction of sp³-hybridized carbons (Fsp3) is 0.120. The number of ether oxygens (including phenoxy) is 1. The standard InChI is InChI=1S/C25H20N4O4S/c1-32-17-8-6-7-16(15-17)28-24(23(27-25(28)34)19-10-4-5-14-26-19)22-13-12-21(33-22)18-9-2-3-11-20(18)29(30)31/h2-15,23-24H,1H3,(H,27,34)/t23-,24+/m1/s1. The lowest BCUT2D eigenvalue weighted by Crippen LogP contribution is -2.29. The summed E-state index contributed by atoms with van der Waals surface area (Å²) in [5.74, 6) is 1.70. The van der Waals surface area contributed by atoms with E-state index in [9.17, 15) is 10.1 Å². The van der Waals surface area contributed by atoms with Crippen molar-refractivity contribution in [1.82, 2.24) is 10.3 Å². The summed E-state index contributed by atoms with van der Waals surface area (Å²) in [6.07, 6.45) is 1.73. The number of rotatable bonds is 6. The van der Waals surface area contributed by atoms with Gasteiger partial charge in [0.25, 0.3) is 5.69 Å². The summed E-state index contributed by atoms with van der Waals surface area (Å²) in [7, 11) is 1.61. The molecule has 170 valence electrons. The number of para-hydroxylation sites is 1. The minimum Gasteiger partial charge on any atom is -0.497 e. The number of furan rings is 1. The predicted molar refractivity (Wildman–Crippen MR) is 132 cm³/mol. The van der Waals surface area contributed by atoms with Crippen LogP contribution < -0.4 is 15.0 Å². The van der Waals surface area contributed by atoms with Crippen molar-refractivity contribution in [3.05, 3.63) is 107 Å². The van der Waals surface area contributed by atoms with Gasteiger partial charge in [0.1, 0.15) is 23.3 Å². The third kappa shape index (κ3) is 3.86. The summed E-state index contributed by atoms with van der Waals surface area (Å²) >= 11 is 5.73. The van der Waals surface area contributed by atoms with Crippen LogP contribution in [0.4, 0.5) is 11.4 Å². The molecule has 0 bridgehead atoms. The van der Waals surface area contributed by atoms with Gasteiger partial charge in [-0.15, -0.1) is 0 Å². The molecular formula is C25H20N4O4S. The van der Waals surface area contributed by atoms with Crippen LogP contribution >= 0.6 is 12.2 Å². The molecule has 2 aromatic carbocycles. The van der Waals surface area contributed by atoms with Gasteiger partial charge in [-0.3, -0.25) is 15.1 Å². The molecule has 3 heterocycles. The zero-order valence-electron chi connectivity index (χ0n) is 18.1. The van der Waals surface area contributed by atoms with E-state index < -0.39 is 4.92 Å². The first-order chi connectivity index (χ1) is 16.6. The van der Waals surface area contributed by atoms with Gasteiger partial charge in [-0.1, -0.05) is 24.3 Å². The molecular weight excluding hydrogens is 452 g/mol. The number of hydrogen-bond acceptors (Lipinski definition) is 6. The molecule has 2 atom stereocenters. The van der Waals surface area contributed by atoms with E-state index in [0.29, 0.717) is 27.9 Å². The normalized spacial score (nSPS) is 17.4. The van der Waals surface area contributed by atoms with Crippen molar-refractivity contribution in [1.29, 1.82) is 0 Å². The predicted octanol–water partition coefficient (Wildman–Crippen LogP) is 5.44. The Morgan fingerprint density at radius 2 is 1.91 bits per heavy atom. The van der Waals surface area contributed by atoms with Gasteiger partial charge >= 0.3 is 0 Å². The van der Waals surface area contributed by atoms with Crippen molar-refractivity contribution < 1.29 is 14.1 Å². The van der Waals surface area contributed by atoms with Crippen molar-refractivity contribution >= 4 is 28.7 Å². The maximum absolute atomic E-state index is 11.5. The number of benzene rings is 2. The Balaban J connectivity index is 1.62. The zero-order chi connectivity index (χ0) is 23.7. The molecule has 5 rings (SSSR count). The van der Waals surface area contributed by atoms with Crippen LogP contribution in [0.3, 0.4) is 0 Å². The van der Waals surface area contributed by atoms with Gasteiger partial charge in [0.05, 0.1) is 29.3 Å².